The van der Waals surface area contributed by atoms with Crippen LogP contribution in [0.5, 0.6) is 0 Å². The molecule has 0 unspecified atom stereocenters. The second kappa shape index (κ2) is 18.6. The van der Waals surface area contributed by atoms with Crippen molar-refractivity contribution >= 4 is 140 Å². The van der Waals surface area contributed by atoms with E-state index < -0.39 is 0 Å². The molecule has 16 aromatic carbocycles. The van der Waals surface area contributed by atoms with Crippen LogP contribution in [0, 0.1) is 45.3 Å². The molecule has 0 atom stereocenters. The van der Waals surface area contributed by atoms with Gasteiger partial charge in [0.25, 0.3) is 0 Å². The highest BCUT2D eigenvalue weighted by Crippen LogP contribution is 2.43. The van der Waals surface area contributed by atoms with Crippen LogP contribution in [-0.2, 0) is 0 Å². The van der Waals surface area contributed by atoms with E-state index in [1.807, 2.05) is 0 Å². The lowest BCUT2D eigenvalue weighted by molar-refractivity contribution is 1.46. The molecule has 348 valence electrons. The Bertz CT molecular complexity index is 4240. The van der Waals surface area contributed by atoms with Crippen molar-refractivity contribution in [2.24, 2.45) is 0 Å². The van der Waals surface area contributed by atoms with Crippen molar-refractivity contribution in [3.63, 3.8) is 0 Å². The minimum Gasteiger partial charge on any atom is -0.192 e. The van der Waals surface area contributed by atoms with Crippen molar-refractivity contribution in [1.29, 1.82) is 21.0 Å². The van der Waals surface area contributed by atoms with Gasteiger partial charge in [-0.3, -0.25) is 0 Å². The normalized spacial score (nSPS) is 11.1. The summed E-state index contributed by atoms with van der Waals surface area (Å²) < 4.78 is 0. The lowest BCUT2D eigenvalue weighted by Crippen LogP contribution is -2.11. The predicted molar refractivity (Wildman–Crippen MR) is 318 cm³/mol. The molecule has 0 radical (unpaired) electrons. The number of benzene rings is 16. The lowest BCUT2D eigenvalue weighted by atomic mass is 9.90. The lowest BCUT2D eigenvalue weighted by Gasteiger charge is -2.13. The summed E-state index contributed by atoms with van der Waals surface area (Å²) in [5, 5.41) is 68.1. The van der Waals surface area contributed by atoms with Crippen LogP contribution in [0.4, 0.5) is 0 Å². The molecule has 0 amide bonds. The van der Waals surface area contributed by atoms with Gasteiger partial charge >= 0.3 is 0 Å². The van der Waals surface area contributed by atoms with Gasteiger partial charge in [-0.15, -0.1) is 0 Å². The maximum Gasteiger partial charge on any atom is 0.136 e. The molecule has 0 aliphatic rings. The SMILES string of the molecule is N#CC(C#N)=c1ccc(=C(C#N)C#N)cc1.c1cc2cccc3c4cccc5cccc(c(c1)c23)c54.c1cc2cccc3c4cccc5cccc(c(c1)c23)c54.c1cc2cccc3c4cccc5cccc(c(c1)c23)c54. The topological polar surface area (TPSA) is 95.2 Å². The molecule has 16 rings (SSSR count). The zero-order valence-electron chi connectivity index (χ0n) is 40.9. The van der Waals surface area contributed by atoms with Crippen LogP contribution in [0.3, 0.4) is 0 Å². The molecule has 4 heteroatoms. The van der Waals surface area contributed by atoms with Crippen molar-refractivity contribution in [2.75, 3.05) is 0 Å². The van der Waals surface area contributed by atoms with Gasteiger partial charge < -0.3 is 0 Å². The molecule has 0 aliphatic carbocycles. The largest absolute Gasteiger partial charge is 0.192 e. The van der Waals surface area contributed by atoms with Crippen molar-refractivity contribution in [2.45, 2.75) is 0 Å². The Morgan fingerprint density at radius 3 is 0.434 bits per heavy atom. The van der Waals surface area contributed by atoms with E-state index in [9.17, 15) is 0 Å². The third kappa shape index (κ3) is 7.26. The molecule has 0 aliphatic heterocycles. The second-order valence-electron chi connectivity index (χ2n) is 19.0. The van der Waals surface area contributed by atoms with Gasteiger partial charge in [0, 0.05) is 10.4 Å². The first-order chi connectivity index (χ1) is 37.6. The Hall–Kier alpha value is -10.9. The fraction of sp³-hybridized carbons (Fsp3) is 0. The summed E-state index contributed by atoms with van der Waals surface area (Å²) in [6, 6.07) is 92.5. The highest BCUT2D eigenvalue weighted by Gasteiger charge is 2.14. The first-order valence-electron chi connectivity index (χ1n) is 25.1. The van der Waals surface area contributed by atoms with E-state index in [1.54, 1.807) is 24.3 Å². The quantitative estimate of drug-likeness (QED) is 0.112. The summed E-state index contributed by atoms with van der Waals surface area (Å²) in [7, 11) is 0. The summed E-state index contributed by atoms with van der Waals surface area (Å²) in [5.74, 6) is 0. The minimum absolute atomic E-state index is 0.00187. The van der Waals surface area contributed by atoms with Gasteiger partial charge in [0.15, 0.2) is 0 Å². The summed E-state index contributed by atoms with van der Waals surface area (Å²) >= 11 is 0. The molecule has 0 bridgehead atoms. The van der Waals surface area contributed by atoms with Crippen LogP contribution < -0.4 is 10.4 Å². The minimum atomic E-state index is 0.00187. The second-order valence-corrected chi connectivity index (χ2v) is 19.0. The highest BCUT2D eigenvalue weighted by atomic mass is 14.3. The smallest absolute Gasteiger partial charge is 0.136 e. The number of hydrogen-bond donors (Lipinski definition) is 0. The maximum absolute atomic E-state index is 8.63. The Morgan fingerprint density at radius 1 is 0.184 bits per heavy atom. The van der Waals surface area contributed by atoms with Crippen molar-refractivity contribution in [3.05, 3.63) is 253 Å². The van der Waals surface area contributed by atoms with Crippen LogP contribution in [0.2, 0.25) is 0 Å². The van der Waals surface area contributed by atoms with Gasteiger partial charge in [0.05, 0.1) is 0 Å². The van der Waals surface area contributed by atoms with Gasteiger partial charge in [-0.2, -0.15) is 21.0 Å². The Kier molecular flexibility index (Phi) is 11.0. The number of nitriles is 4. The molecule has 0 fully saturated rings. The van der Waals surface area contributed by atoms with Crippen LogP contribution in [0.1, 0.15) is 0 Å². The van der Waals surface area contributed by atoms with E-state index in [4.69, 9.17) is 21.0 Å². The highest BCUT2D eigenvalue weighted by molar-refractivity contribution is 6.35. The van der Waals surface area contributed by atoms with Crippen molar-refractivity contribution < 1.29 is 0 Å². The van der Waals surface area contributed by atoms with Gasteiger partial charge in [0.2, 0.25) is 0 Å². The molecular formula is C72H40N4. The van der Waals surface area contributed by atoms with Crippen LogP contribution in [0.25, 0.3) is 140 Å². The molecule has 76 heavy (non-hydrogen) atoms. The number of fused-ring (bicyclic) bond motifs is 6. The summed E-state index contributed by atoms with van der Waals surface area (Å²) in [6.07, 6.45) is 0. The Morgan fingerprint density at radius 2 is 0.316 bits per heavy atom. The maximum atomic E-state index is 8.63. The van der Waals surface area contributed by atoms with Gasteiger partial charge in [0.1, 0.15) is 35.4 Å². The van der Waals surface area contributed by atoms with E-state index >= 15 is 0 Å². The number of hydrogen-bond acceptors (Lipinski definition) is 4. The summed E-state index contributed by atoms with van der Waals surface area (Å²) in [6.45, 7) is 0. The fourth-order valence-electron chi connectivity index (χ4n) is 11.9. The molecule has 0 saturated heterocycles. The standard InChI is InChI=1S/3C20H12.C12H4N4/c3*1-5-13-6-2-11-17-18-12-4-8-14-7-3-10-16(20(14)18)15(9-1)19(13)17;13-5-11(6-14)9-1-2-10(4-3-9)12(7-15)8-16/h3*1-12H;1-4H. The zero-order chi connectivity index (χ0) is 51.3. The first kappa shape index (κ1) is 45.0. The van der Waals surface area contributed by atoms with Crippen LogP contribution in [0.15, 0.2) is 243 Å². The van der Waals surface area contributed by atoms with Crippen molar-refractivity contribution in [1.82, 2.24) is 0 Å². The van der Waals surface area contributed by atoms with E-state index in [-0.39, 0.29) is 11.1 Å². The molecule has 0 spiro atoms. The van der Waals surface area contributed by atoms with E-state index in [0.29, 0.717) is 10.4 Å². The Balaban J connectivity index is 0.0000000976. The van der Waals surface area contributed by atoms with Gasteiger partial charge in [-0.25, -0.2) is 0 Å². The molecule has 16 aromatic rings. The number of rotatable bonds is 0. The molecule has 0 N–H and O–H groups in total. The number of nitrogens with zero attached hydrogens (tertiary/aromatic N) is 4. The molecule has 4 nitrogen and oxygen atoms in total. The Labute approximate surface area is 436 Å². The molecule has 0 saturated carbocycles. The summed E-state index contributed by atoms with van der Waals surface area (Å²) in [4.78, 5) is 0. The summed E-state index contributed by atoms with van der Waals surface area (Å²) in [5.41, 5.74) is 0.00373. The van der Waals surface area contributed by atoms with E-state index in [0.717, 1.165) is 0 Å². The van der Waals surface area contributed by atoms with Crippen LogP contribution in [-0.4, -0.2) is 0 Å². The van der Waals surface area contributed by atoms with Gasteiger partial charge in [-0.05, 0) is 129 Å². The zero-order valence-corrected chi connectivity index (χ0v) is 40.9. The van der Waals surface area contributed by atoms with Crippen LogP contribution >= 0.6 is 0 Å². The molecule has 0 aromatic heterocycles. The average molecular weight is 961 g/mol. The fourth-order valence-corrected chi connectivity index (χ4v) is 11.9. The molecular weight excluding hydrogens is 921 g/mol. The van der Waals surface area contributed by atoms with Gasteiger partial charge in [-0.1, -0.05) is 243 Å². The van der Waals surface area contributed by atoms with E-state index in [1.165, 1.54) is 154 Å². The third-order valence-electron chi connectivity index (χ3n) is 15.1. The first-order valence-corrected chi connectivity index (χ1v) is 25.1. The predicted octanol–water partition coefficient (Wildman–Crippen LogP) is 17.3. The average Bonchev–Trinajstić information content (AvgIpc) is 3.52. The monoisotopic (exact) mass is 960 g/mol. The van der Waals surface area contributed by atoms with Crippen molar-refractivity contribution in [3.8, 4) is 24.3 Å². The molecule has 0 heterocycles. The van der Waals surface area contributed by atoms with E-state index in [2.05, 4.69) is 218 Å². The third-order valence-corrected chi connectivity index (χ3v) is 15.1.